The van der Waals surface area contributed by atoms with E-state index in [0.717, 1.165) is 4.90 Å². The number of hydrogen-bond donors (Lipinski definition) is 2. The van der Waals surface area contributed by atoms with Crippen LogP contribution in [0.5, 0.6) is 11.5 Å². The molecule has 0 aromatic heterocycles. The minimum Gasteiger partial charge on any atom is -0.497 e. The summed E-state index contributed by atoms with van der Waals surface area (Å²) in [4.78, 5) is 37.8. The Hall–Kier alpha value is -3.46. The van der Waals surface area contributed by atoms with E-state index in [0.29, 0.717) is 17.2 Å². The van der Waals surface area contributed by atoms with Gasteiger partial charge in [0, 0.05) is 6.07 Å². The van der Waals surface area contributed by atoms with Gasteiger partial charge in [-0.2, -0.15) is 0 Å². The summed E-state index contributed by atoms with van der Waals surface area (Å²) in [7, 11) is 3.02. The molecule has 0 bridgehead atoms. The molecule has 2 N–H and O–H groups in total. The van der Waals surface area contributed by atoms with E-state index < -0.39 is 24.3 Å². The van der Waals surface area contributed by atoms with E-state index >= 15 is 0 Å². The molecule has 8 nitrogen and oxygen atoms in total. The van der Waals surface area contributed by atoms with Gasteiger partial charge in [0.2, 0.25) is 5.91 Å². The third kappa shape index (κ3) is 3.79. The van der Waals surface area contributed by atoms with Crippen molar-refractivity contribution in [3.63, 3.8) is 0 Å². The molecule has 2 aromatic carbocycles. The second kappa shape index (κ2) is 8.05. The van der Waals surface area contributed by atoms with Gasteiger partial charge in [-0.15, -0.1) is 0 Å². The smallest absolute Gasteiger partial charge is 0.262 e. The lowest BCUT2D eigenvalue weighted by molar-refractivity contribution is -0.120. The second-order valence-electron chi connectivity index (χ2n) is 5.81. The van der Waals surface area contributed by atoms with E-state index in [1.807, 2.05) is 0 Å². The molecule has 3 amide bonds. The Morgan fingerprint density at radius 1 is 1.04 bits per heavy atom. The number of fused-ring (bicyclic) bond motifs is 1. The molecule has 1 aliphatic heterocycles. The summed E-state index contributed by atoms with van der Waals surface area (Å²) >= 11 is 5.13. The number of amides is 3. The van der Waals surface area contributed by atoms with Crippen molar-refractivity contribution in [1.29, 1.82) is 0 Å². The zero-order valence-corrected chi connectivity index (χ0v) is 16.0. The van der Waals surface area contributed by atoms with E-state index in [-0.39, 0.29) is 16.2 Å². The SMILES string of the molecule is COc1ccc(NC(=S)NC(=O)CN2C(=O)c3ccccc3C2=O)c(OC)c1. The van der Waals surface area contributed by atoms with E-state index in [9.17, 15) is 14.4 Å². The lowest BCUT2D eigenvalue weighted by atomic mass is 10.1. The first-order chi connectivity index (χ1) is 13.4. The predicted octanol–water partition coefficient (Wildman–Crippen LogP) is 1.81. The van der Waals surface area contributed by atoms with Crippen molar-refractivity contribution in [2.75, 3.05) is 26.1 Å². The van der Waals surface area contributed by atoms with E-state index in [4.69, 9.17) is 21.7 Å². The Labute approximate surface area is 166 Å². The highest BCUT2D eigenvalue weighted by atomic mass is 32.1. The standard InChI is InChI=1S/C19H17N3O5S/c1-26-11-7-8-14(15(9-11)27-2)20-19(28)21-16(23)10-22-17(24)12-5-3-4-6-13(12)18(22)25/h3-9H,10H2,1-2H3,(H2,20,21,23,28). The van der Waals surface area contributed by atoms with Gasteiger partial charge in [0.1, 0.15) is 18.0 Å². The number of imide groups is 1. The molecule has 0 radical (unpaired) electrons. The Balaban J connectivity index is 1.62. The fourth-order valence-corrected chi connectivity index (χ4v) is 2.97. The molecule has 0 fully saturated rings. The lowest BCUT2D eigenvalue weighted by Gasteiger charge is -2.16. The van der Waals surface area contributed by atoms with Crippen molar-refractivity contribution in [2.45, 2.75) is 0 Å². The van der Waals surface area contributed by atoms with Crippen LogP contribution in [0.3, 0.4) is 0 Å². The summed E-state index contributed by atoms with van der Waals surface area (Å²) in [5.74, 6) is -0.545. The third-order valence-corrected chi connectivity index (χ3v) is 4.29. The number of nitrogens with one attached hydrogen (secondary N) is 2. The Kier molecular flexibility index (Phi) is 5.55. The van der Waals surface area contributed by atoms with E-state index in [1.54, 1.807) is 42.5 Å². The largest absolute Gasteiger partial charge is 0.497 e. The monoisotopic (exact) mass is 399 g/mol. The van der Waals surface area contributed by atoms with Crippen molar-refractivity contribution >= 4 is 40.7 Å². The maximum Gasteiger partial charge on any atom is 0.262 e. The molecule has 1 heterocycles. The summed E-state index contributed by atoms with van der Waals surface area (Å²) in [6, 6.07) is 11.5. The molecule has 144 valence electrons. The average Bonchev–Trinajstić information content (AvgIpc) is 2.93. The molecule has 0 atom stereocenters. The molecular weight excluding hydrogens is 382 g/mol. The number of rotatable bonds is 5. The van der Waals surface area contributed by atoms with Crippen LogP contribution in [0.2, 0.25) is 0 Å². The van der Waals surface area contributed by atoms with E-state index in [1.165, 1.54) is 14.2 Å². The number of thiocarbonyl (C=S) groups is 1. The minimum absolute atomic E-state index is 0.00470. The number of carbonyl (C=O) groups is 3. The average molecular weight is 399 g/mol. The van der Waals surface area contributed by atoms with Gasteiger partial charge in [0.25, 0.3) is 11.8 Å². The molecule has 3 rings (SSSR count). The van der Waals surface area contributed by atoms with Gasteiger partial charge in [-0.1, -0.05) is 12.1 Å². The number of ether oxygens (including phenoxy) is 2. The van der Waals surface area contributed by atoms with Gasteiger partial charge in [-0.3, -0.25) is 19.3 Å². The summed E-state index contributed by atoms with van der Waals surface area (Å²) in [5, 5.41) is 5.29. The number of nitrogens with zero attached hydrogens (tertiary/aromatic N) is 1. The van der Waals surface area contributed by atoms with Crippen LogP contribution in [0.4, 0.5) is 5.69 Å². The predicted molar refractivity (Wildman–Crippen MR) is 106 cm³/mol. The normalized spacial score (nSPS) is 12.4. The van der Waals surface area contributed by atoms with Crippen LogP contribution in [-0.2, 0) is 4.79 Å². The summed E-state index contributed by atoms with van der Waals surface area (Å²) in [6.07, 6.45) is 0. The quantitative estimate of drug-likeness (QED) is 0.585. The van der Waals surface area contributed by atoms with Crippen LogP contribution >= 0.6 is 12.2 Å². The fourth-order valence-electron chi connectivity index (χ4n) is 2.75. The van der Waals surface area contributed by atoms with Crippen LogP contribution in [0.25, 0.3) is 0 Å². The molecule has 9 heteroatoms. The van der Waals surface area contributed by atoms with Gasteiger partial charge in [0.05, 0.1) is 31.0 Å². The van der Waals surface area contributed by atoms with Gasteiger partial charge < -0.3 is 20.1 Å². The van der Waals surface area contributed by atoms with Crippen molar-refractivity contribution in [3.8, 4) is 11.5 Å². The number of anilines is 1. The molecule has 0 aliphatic carbocycles. The highest BCUT2D eigenvalue weighted by molar-refractivity contribution is 7.80. The molecule has 0 unspecified atom stereocenters. The molecule has 0 saturated heterocycles. The van der Waals surface area contributed by atoms with Crippen molar-refractivity contribution < 1.29 is 23.9 Å². The maximum absolute atomic E-state index is 12.3. The van der Waals surface area contributed by atoms with Crippen LogP contribution in [-0.4, -0.2) is 48.5 Å². The number of benzene rings is 2. The highest BCUT2D eigenvalue weighted by Crippen LogP contribution is 2.29. The zero-order chi connectivity index (χ0) is 20.3. The highest BCUT2D eigenvalue weighted by Gasteiger charge is 2.36. The fraction of sp³-hybridized carbons (Fsp3) is 0.158. The van der Waals surface area contributed by atoms with Crippen LogP contribution in [0.15, 0.2) is 42.5 Å². The van der Waals surface area contributed by atoms with Gasteiger partial charge in [-0.25, -0.2) is 0 Å². The van der Waals surface area contributed by atoms with Crippen molar-refractivity contribution in [3.05, 3.63) is 53.6 Å². The van der Waals surface area contributed by atoms with Gasteiger partial charge >= 0.3 is 0 Å². The molecule has 2 aromatic rings. The maximum atomic E-state index is 12.3. The minimum atomic E-state index is -0.598. The van der Waals surface area contributed by atoms with E-state index in [2.05, 4.69) is 10.6 Å². The van der Waals surface area contributed by atoms with Crippen molar-refractivity contribution in [2.24, 2.45) is 0 Å². The Bertz CT molecular complexity index is 941. The molecular formula is C19H17N3O5S. The molecule has 1 aliphatic rings. The summed E-state index contributed by atoms with van der Waals surface area (Å²) in [5.41, 5.74) is 1.09. The molecule has 28 heavy (non-hydrogen) atoms. The third-order valence-electron chi connectivity index (χ3n) is 4.09. The summed E-state index contributed by atoms with van der Waals surface area (Å²) < 4.78 is 10.4. The van der Waals surface area contributed by atoms with Crippen LogP contribution in [0, 0.1) is 0 Å². The lowest BCUT2D eigenvalue weighted by Crippen LogP contribution is -2.43. The van der Waals surface area contributed by atoms with Gasteiger partial charge in [0.15, 0.2) is 5.11 Å². The number of hydrogen-bond acceptors (Lipinski definition) is 6. The first-order valence-corrected chi connectivity index (χ1v) is 8.63. The topological polar surface area (TPSA) is 97.0 Å². The first kappa shape index (κ1) is 19.3. The Morgan fingerprint density at radius 2 is 1.68 bits per heavy atom. The van der Waals surface area contributed by atoms with Crippen molar-refractivity contribution in [1.82, 2.24) is 10.2 Å². The summed E-state index contributed by atoms with van der Waals surface area (Å²) in [6.45, 7) is -0.437. The zero-order valence-electron chi connectivity index (χ0n) is 15.1. The molecule has 0 saturated carbocycles. The second-order valence-corrected chi connectivity index (χ2v) is 6.22. The molecule has 0 spiro atoms. The van der Waals surface area contributed by atoms with Gasteiger partial charge in [-0.05, 0) is 36.5 Å². The first-order valence-electron chi connectivity index (χ1n) is 8.22. The number of methoxy groups -OCH3 is 2. The van der Waals surface area contributed by atoms with Crippen LogP contribution in [0.1, 0.15) is 20.7 Å². The van der Waals surface area contributed by atoms with Crippen LogP contribution < -0.4 is 20.1 Å². The Morgan fingerprint density at radius 3 is 2.25 bits per heavy atom. The number of carbonyl (C=O) groups excluding carboxylic acids is 3.